The molecule has 0 aliphatic rings. The van der Waals surface area contributed by atoms with Gasteiger partial charge in [0.05, 0.1) is 0 Å². The lowest BCUT2D eigenvalue weighted by Crippen LogP contribution is -2.01. The van der Waals surface area contributed by atoms with Crippen molar-refractivity contribution in [2.24, 2.45) is 0 Å². The maximum atomic E-state index is 6.28. The molecule has 0 amide bonds. The number of hydrogen-bond acceptors (Lipinski definition) is 4. The van der Waals surface area contributed by atoms with Crippen molar-refractivity contribution in [1.29, 1.82) is 0 Å². The minimum atomic E-state index is 0.608. The molecule has 53 heavy (non-hydrogen) atoms. The molecule has 0 radical (unpaired) electrons. The highest BCUT2D eigenvalue weighted by molar-refractivity contribution is 6.13. The van der Waals surface area contributed by atoms with Crippen molar-refractivity contribution in [2.45, 2.75) is 0 Å². The highest BCUT2D eigenvalue weighted by Crippen LogP contribution is 2.41. The standard InChI is InChI=1S/C49H31N3O/c1-3-15-32(16-4-1)37-30-34-19-7-8-22-38(34)43(31-37)35-20-13-21-36(29-35)48-50-47(33-17-5-2-6-18-33)51-49(52-48)41-24-10-9-23-39(41)40-26-14-28-45-46(40)42-25-11-12-27-44(42)53-45/h1-31H. The summed E-state index contributed by atoms with van der Waals surface area (Å²) in [5, 5.41) is 4.54. The zero-order valence-corrected chi connectivity index (χ0v) is 28.6. The number of hydrogen-bond donors (Lipinski definition) is 0. The van der Waals surface area contributed by atoms with E-state index < -0.39 is 0 Å². The first-order chi connectivity index (χ1) is 26.3. The summed E-state index contributed by atoms with van der Waals surface area (Å²) in [4.78, 5) is 15.5. The van der Waals surface area contributed by atoms with Gasteiger partial charge in [-0.05, 0) is 74.5 Å². The van der Waals surface area contributed by atoms with E-state index >= 15 is 0 Å². The molecule has 0 spiro atoms. The van der Waals surface area contributed by atoms with E-state index in [0.29, 0.717) is 17.5 Å². The van der Waals surface area contributed by atoms with Crippen molar-refractivity contribution in [3.05, 3.63) is 188 Å². The molecule has 8 aromatic carbocycles. The van der Waals surface area contributed by atoms with Crippen LogP contribution >= 0.6 is 0 Å². The lowest BCUT2D eigenvalue weighted by Gasteiger charge is -2.14. The number of para-hydroxylation sites is 1. The Labute approximate surface area is 306 Å². The zero-order chi connectivity index (χ0) is 35.1. The Balaban J connectivity index is 1.16. The first-order valence-corrected chi connectivity index (χ1v) is 17.8. The Hall–Kier alpha value is -7.17. The quantitative estimate of drug-likeness (QED) is 0.176. The van der Waals surface area contributed by atoms with Crippen molar-refractivity contribution < 1.29 is 4.42 Å². The highest BCUT2D eigenvalue weighted by Gasteiger charge is 2.19. The molecule has 4 nitrogen and oxygen atoms in total. The summed E-state index contributed by atoms with van der Waals surface area (Å²) in [6.45, 7) is 0. The van der Waals surface area contributed by atoms with Gasteiger partial charge in [-0.15, -0.1) is 0 Å². The summed E-state index contributed by atoms with van der Waals surface area (Å²) in [5.74, 6) is 1.84. The first-order valence-electron chi connectivity index (χ1n) is 17.8. The van der Waals surface area contributed by atoms with Crippen LogP contribution in [0.5, 0.6) is 0 Å². The fourth-order valence-corrected chi connectivity index (χ4v) is 7.43. The second-order valence-electron chi connectivity index (χ2n) is 13.2. The molecule has 0 fully saturated rings. The fourth-order valence-electron chi connectivity index (χ4n) is 7.43. The van der Waals surface area contributed by atoms with Crippen LogP contribution in [0.4, 0.5) is 0 Å². The van der Waals surface area contributed by atoms with Crippen molar-refractivity contribution in [3.8, 4) is 67.5 Å². The molecule has 0 saturated heterocycles. The van der Waals surface area contributed by atoms with Crippen molar-refractivity contribution in [1.82, 2.24) is 15.0 Å². The molecule has 0 aliphatic carbocycles. The van der Waals surface area contributed by atoms with E-state index in [1.54, 1.807) is 0 Å². The van der Waals surface area contributed by atoms with Gasteiger partial charge in [0.2, 0.25) is 0 Å². The number of aromatic nitrogens is 3. The molecule has 0 N–H and O–H groups in total. The van der Waals surface area contributed by atoms with Crippen molar-refractivity contribution >= 4 is 32.7 Å². The molecule has 0 atom stereocenters. The summed E-state index contributed by atoms with van der Waals surface area (Å²) >= 11 is 0. The van der Waals surface area contributed by atoms with Crippen LogP contribution in [0.15, 0.2) is 192 Å². The van der Waals surface area contributed by atoms with Crippen LogP contribution in [0.2, 0.25) is 0 Å². The molecule has 2 aromatic heterocycles. The second-order valence-corrected chi connectivity index (χ2v) is 13.2. The van der Waals surface area contributed by atoms with Gasteiger partial charge >= 0.3 is 0 Å². The van der Waals surface area contributed by atoms with Crippen LogP contribution in [-0.2, 0) is 0 Å². The summed E-state index contributed by atoms with van der Waals surface area (Å²) in [6.07, 6.45) is 0. The molecule has 0 aliphatic heterocycles. The lowest BCUT2D eigenvalue weighted by molar-refractivity contribution is 0.669. The largest absolute Gasteiger partial charge is 0.456 e. The Morgan fingerprint density at radius 1 is 0.302 bits per heavy atom. The number of fused-ring (bicyclic) bond motifs is 4. The average Bonchev–Trinajstić information content (AvgIpc) is 3.63. The van der Waals surface area contributed by atoms with Gasteiger partial charge in [0.15, 0.2) is 17.5 Å². The monoisotopic (exact) mass is 677 g/mol. The van der Waals surface area contributed by atoms with E-state index in [1.807, 2.05) is 60.7 Å². The van der Waals surface area contributed by atoms with Crippen LogP contribution in [0.1, 0.15) is 0 Å². The van der Waals surface area contributed by atoms with Crippen LogP contribution in [-0.4, -0.2) is 15.0 Å². The molecule has 248 valence electrons. The molecule has 0 bridgehead atoms. The van der Waals surface area contributed by atoms with Gasteiger partial charge in [0.1, 0.15) is 11.2 Å². The Morgan fingerprint density at radius 3 is 1.70 bits per heavy atom. The van der Waals surface area contributed by atoms with E-state index in [1.165, 1.54) is 21.9 Å². The minimum absolute atomic E-state index is 0.608. The lowest BCUT2D eigenvalue weighted by atomic mass is 9.92. The van der Waals surface area contributed by atoms with Gasteiger partial charge < -0.3 is 4.42 Å². The van der Waals surface area contributed by atoms with E-state index in [9.17, 15) is 0 Å². The molecular weight excluding hydrogens is 647 g/mol. The first kappa shape index (κ1) is 30.6. The average molecular weight is 678 g/mol. The van der Waals surface area contributed by atoms with E-state index in [0.717, 1.165) is 60.9 Å². The molecule has 0 unspecified atom stereocenters. The van der Waals surface area contributed by atoms with Crippen LogP contribution in [0, 0.1) is 0 Å². The van der Waals surface area contributed by atoms with Crippen LogP contribution in [0.25, 0.3) is 100 Å². The molecular formula is C49H31N3O. The fraction of sp³-hybridized carbons (Fsp3) is 0. The predicted molar refractivity (Wildman–Crippen MR) is 217 cm³/mol. The molecule has 4 heteroatoms. The van der Waals surface area contributed by atoms with Crippen molar-refractivity contribution in [2.75, 3.05) is 0 Å². The van der Waals surface area contributed by atoms with E-state index in [4.69, 9.17) is 19.4 Å². The molecule has 10 aromatic rings. The third kappa shape index (κ3) is 5.54. The normalized spacial score (nSPS) is 11.4. The second kappa shape index (κ2) is 12.9. The smallest absolute Gasteiger partial charge is 0.164 e. The third-order valence-electron chi connectivity index (χ3n) is 9.93. The minimum Gasteiger partial charge on any atom is -0.456 e. The number of rotatable bonds is 6. The highest BCUT2D eigenvalue weighted by atomic mass is 16.3. The van der Waals surface area contributed by atoms with Crippen LogP contribution in [0.3, 0.4) is 0 Å². The van der Waals surface area contributed by atoms with Gasteiger partial charge in [-0.3, -0.25) is 0 Å². The van der Waals surface area contributed by atoms with Gasteiger partial charge in [0.25, 0.3) is 0 Å². The Morgan fingerprint density at radius 2 is 0.868 bits per heavy atom. The third-order valence-corrected chi connectivity index (χ3v) is 9.93. The van der Waals surface area contributed by atoms with E-state index in [2.05, 4.69) is 127 Å². The topological polar surface area (TPSA) is 51.8 Å². The zero-order valence-electron chi connectivity index (χ0n) is 28.6. The Kier molecular flexibility index (Phi) is 7.43. The predicted octanol–water partition coefficient (Wildman–Crippen LogP) is 12.9. The number of furan rings is 1. The summed E-state index contributed by atoms with van der Waals surface area (Å²) < 4.78 is 6.28. The maximum absolute atomic E-state index is 6.28. The van der Waals surface area contributed by atoms with Crippen LogP contribution < -0.4 is 0 Å². The SMILES string of the molecule is c1ccc(-c2cc(-c3cccc(-c4nc(-c5ccccc5)nc(-c5ccccc5-c5cccc6oc7ccccc7c56)n4)c3)c3ccccc3c2)cc1. The van der Waals surface area contributed by atoms with Gasteiger partial charge in [-0.1, -0.05) is 158 Å². The molecule has 2 heterocycles. The number of nitrogens with zero attached hydrogens (tertiary/aromatic N) is 3. The van der Waals surface area contributed by atoms with Gasteiger partial charge in [-0.25, -0.2) is 15.0 Å². The Bertz CT molecular complexity index is 2950. The summed E-state index contributed by atoms with van der Waals surface area (Å²) in [7, 11) is 0. The number of benzene rings is 8. The van der Waals surface area contributed by atoms with Gasteiger partial charge in [-0.2, -0.15) is 0 Å². The van der Waals surface area contributed by atoms with Crippen molar-refractivity contribution in [3.63, 3.8) is 0 Å². The molecule has 10 rings (SSSR count). The van der Waals surface area contributed by atoms with E-state index in [-0.39, 0.29) is 0 Å². The summed E-state index contributed by atoms with van der Waals surface area (Å²) in [5.41, 5.74) is 11.2. The molecule has 0 saturated carbocycles. The maximum Gasteiger partial charge on any atom is 0.164 e. The summed E-state index contributed by atoms with van der Waals surface area (Å²) in [6, 6.07) is 65.2. The van der Waals surface area contributed by atoms with Gasteiger partial charge in [0, 0.05) is 27.5 Å².